The lowest BCUT2D eigenvalue weighted by Gasteiger charge is -2.10. The van der Waals surface area contributed by atoms with Gasteiger partial charge in [0.15, 0.2) is 10.8 Å². The largest absolute Gasteiger partial charge is 0.386 e. The summed E-state index contributed by atoms with van der Waals surface area (Å²) in [5, 5.41) is 12.7. The zero-order valence-electron chi connectivity index (χ0n) is 16.1. The van der Waals surface area contributed by atoms with Crippen molar-refractivity contribution in [2.24, 2.45) is 0 Å². The number of nitrogens with zero attached hydrogens (tertiary/aromatic N) is 6. The van der Waals surface area contributed by atoms with Crippen LogP contribution in [0.3, 0.4) is 0 Å². The molecule has 8 heteroatoms. The number of aromatic nitrogens is 6. The molecule has 0 atom stereocenters. The molecule has 4 aromatic rings. The van der Waals surface area contributed by atoms with Gasteiger partial charge in [-0.1, -0.05) is 19.1 Å². The van der Waals surface area contributed by atoms with Crippen molar-refractivity contribution < 1.29 is 5.11 Å². The second-order valence-corrected chi connectivity index (χ2v) is 8.01. The Hall–Kier alpha value is -2.84. The Morgan fingerprint density at radius 1 is 1.21 bits per heavy atom. The van der Waals surface area contributed by atoms with Crippen LogP contribution < -0.4 is 0 Å². The van der Waals surface area contributed by atoms with Crippen LogP contribution in [0.1, 0.15) is 37.7 Å². The van der Waals surface area contributed by atoms with Gasteiger partial charge in [0.2, 0.25) is 5.78 Å². The molecular weight excluding hydrogens is 372 g/mol. The first kappa shape index (κ1) is 18.5. The van der Waals surface area contributed by atoms with E-state index in [1.54, 1.807) is 49.9 Å². The van der Waals surface area contributed by atoms with Gasteiger partial charge < -0.3 is 9.67 Å². The van der Waals surface area contributed by atoms with E-state index < -0.39 is 5.60 Å². The third kappa shape index (κ3) is 3.74. The zero-order valence-corrected chi connectivity index (χ0v) is 16.9. The second-order valence-electron chi connectivity index (χ2n) is 7.12. The lowest BCUT2D eigenvalue weighted by Crippen LogP contribution is -2.13. The summed E-state index contributed by atoms with van der Waals surface area (Å²) < 4.78 is 4.09. The predicted molar refractivity (Wildman–Crippen MR) is 110 cm³/mol. The number of imidazole rings is 2. The Labute approximate surface area is 167 Å². The average Bonchev–Trinajstić information content (AvgIpc) is 3.38. The molecule has 0 saturated carbocycles. The van der Waals surface area contributed by atoms with Crippen molar-refractivity contribution in [3.63, 3.8) is 0 Å². The molecule has 144 valence electrons. The fourth-order valence-electron chi connectivity index (χ4n) is 3.06. The topological polar surface area (TPSA) is 81.1 Å². The van der Waals surface area contributed by atoms with Crippen LogP contribution in [0.4, 0.5) is 0 Å². The van der Waals surface area contributed by atoms with Gasteiger partial charge in [-0.2, -0.15) is 0 Å². The van der Waals surface area contributed by atoms with Gasteiger partial charge in [-0.3, -0.25) is 4.40 Å². The fourth-order valence-corrected chi connectivity index (χ4v) is 3.71. The Kier molecular flexibility index (Phi) is 4.82. The van der Waals surface area contributed by atoms with Crippen molar-refractivity contribution >= 4 is 23.2 Å². The molecule has 7 nitrogen and oxygen atoms in total. The summed E-state index contributed by atoms with van der Waals surface area (Å²) in [6.07, 6.45) is 13.8. The van der Waals surface area contributed by atoms with E-state index in [9.17, 15) is 5.11 Å². The maximum atomic E-state index is 9.91. The van der Waals surface area contributed by atoms with Crippen LogP contribution in [0.25, 0.3) is 22.7 Å². The Bertz CT molecular complexity index is 1120. The molecule has 0 bridgehead atoms. The van der Waals surface area contributed by atoms with Crippen molar-refractivity contribution in [3.8, 4) is 10.8 Å². The van der Waals surface area contributed by atoms with Gasteiger partial charge in [0.25, 0.3) is 0 Å². The standard InChI is InChI=1S/C20H22N6OS/c1-4-16-15(13-25-9-7-21-17(25)18-22-8-10-28-18)24-19-23-11-14(12-26(16)19)5-6-20(2,3)27/h5-12,27H,4,13H2,1-3H3/b6-5+. The SMILES string of the molecule is CCc1c(Cn2ccnc2-c2nccs2)nc2ncc(/C=C/C(C)(C)O)cn12. The predicted octanol–water partition coefficient (Wildman–Crippen LogP) is 3.44. The zero-order chi connectivity index (χ0) is 19.7. The molecule has 4 heterocycles. The van der Waals surface area contributed by atoms with Crippen LogP contribution >= 0.6 is 11.3 Å². The molecule has 0 spiro atoms. The Morgan fingerprint density at radius 3 is 2.79 bits per heavy atom. The molecule has 0 fully saturated rings. The summed E-state index contributed by atoms with van der Waals surface area (Å²) in [7, 11) is 0. The summed E-state index contributed by atoms with van der Waals surface area (Å²) in [5.41, 5.74) is 2.13. The molecule has 0 unspecified atom stereocenters. The number of rotatable bonds is 6. The number of hydrogen-bond acceptors (Lipinski definition) is 6. The average molecular weight is 395 g/mol. The summed E-state index contributed by atoms with van der Waals surface area (Å²) in [6.45, 7) is 6.21. The van der Waals surface area contributed by atoms with E-state index in [4.69, 9.17) is 4.98 Å². The van der Waals surface area contributed by atoms with Crippen LogP contribution in [-0.4, -0.2) is 39.6 Å². The molecule has 0 aliphatic carbocycles. The first-order chi connectivity index (χ1) is 13.4. The minimum absolute atomic E-state index is 0.607. The highest BCUT2D eigenvalue weighted by atomic mass is 32.1. The molecule has 0 aromatic carbocycles. The molecule has 4 rings (SSSR count). The van der Waals surface area contributed by atoms with E-state index >= 15 is 0 Å². The highest BCUT2D eigenvalue weighted by Crippen LogP contribution is 2.22. The molecule has 1 N–H and O–H groups in total. The summed E-state index contributed by atoms with van der Waals surface area (Å²) in [6, 6.07) is 0. The van der Waals surface area contributed by atoms with Crippen LogP contribution in [0.5, 0.6) is 0 Å². The molecule has 4 aromatic heterocycles. The maximum Gasteiger partial charge on any atom is 0.234 e. The van der Waals surface area contributed by atoms with E-state index in [0.717, 1.165) is 34.2 Å². The van der Waals surface area contributed by atoms with Crippen LogP contribution in [-0.2, 0) is 13.0 Å². The van der Waals surface area contributed by atoms with E-state index in [2.05, 4.69) is 26.4 Å². The summed E-state index contributed by atoms with van der Waals surface area (Å²) >= 11 is 1.57. The van der Waals surface area contributed by atoms with Crippen molar-refractivity contribution in [2.45, 2.75) is 39.3 Å². The van der Waals surface area contributed by atoms with E-state index in [0.29, 0.717) is 12.3 Å². The van der Waals surface area contributed by atoms with Gasteiger partial charge in [0, 0.05) is 47.6 Å². The number of thiazole rings is 1. The van der Waals surface area contributed by atoms with Gasteiger partial charge in [0.1, 0.15) is 0 Å². The number of aryl methyl sites for hydroxylation is 1. The van der Waals surface area contributed by atoms with Crippen molar-refractivity contribution in [3.05, 3.63) is 59.4 Å². The van der Waals surface area contributed by atoms with Crippen molar-refractivity contribution in [1.82, 2.24) is 28.9 Å². The van der Waals surface area contributed by atoms with Crippen molar-refractivity contribution in [1.29, 1.82) is 0 Å². The molecular formula is C20H22N6OS. The normalized spacial score (nSPS) is 12.4. The number of hydrogen-bond donors (Lipinski definition) is 1. The van der Waals surface area contributed by atoms with Gasteiger partial charge in [-0.15, -0.1) is 11.3 Å². The van der Waals surface area contributed by atoms with Crippen LogP contribution in [0.15, 0.2) is 42.4 Å². The van der Waals surface area contributed by atoms with Gasteiger partial charge in [-0.05, 0) is 20.3 Å². The Morgan fingerprint density at radius 2 is 2.07 bits per heavy atom. The fraction of sp³-hybridized carbons (Fsp3) is 0.300. The maximum absolute atomic E-state index is 9.91. The minimum atomic E-state index is -0.865. The summed E-state index contributed by atoms with van der Waals surface area (Å²) in [5.74, 6) is 1.51. The molecule has 0 aliphatic heterocycles. The van der Waals surface area contributed by atoms with Crippen LogP contribution in [0, 0.1) is 0 Å². The number of fused-ring (bicyclic) bond motifs is 1. The van der Waals surface area contributed by atoms with E-state index in [1.165, 1.54) is 0 Å². The van der Waals surface area contributed by atoms with E-state index in [-0.39, 0.29) is 0 Å². The number of aliphatic hydroxyl groups is 1. The molecule has 0 saturated heterocycles. The monoisotopic (exact) mass is 394 g/mol. The highest BCUT2D eigenvalue weighted by Gasteiger charge is 2.15. The smallest absolute Gasteiger partial charge is 0.234 e. The Balaban J connectivity index is 1.71. The van der Waals surface area contributed by atoms with Gasteiger partial charge in [0.05, 0.1) is 17.8 Å². The van der Waals surface area contributed by atoms with E-state index in [1.807, 2.05) is 28.3 Å². The van der Waals surface area contributed by atoms with Gasteiger partial charge >= 0.3 is 0 Å². The second kappa shape index (κ2) is 7.29. The third-order valence-electron chi connectivity index (χ3n) is 4.36. The lowest BCUT2D eigenvalue weighted by molar-refractivity contribution is 0.134. The molecule has 0 amide bonds. The lowest BCUT2D eigenvalue weighted by atomic mass is 10.1. The van der Waals surface area contributed by atoms with Crippen molar-refractivity contribution in [2.75, 3.05) is 0 Å². The molecule has 0 aliphatic rings. The minimum Gasteiger partial charge on any atom is -0.386 e. The molecule has 28 heavy (non-hydrogen) atoms. The summed E-state index contributed by atoms with van der Waals surface area (Å²) in [4.78, 5) is 18.1. The third-order valence-corrected chi connectivity index (χ3v) is 5.13. The first-order valence-electron chi connectivity index (χ1n) is 9.13. The van der Waals surface area contributed by atoms with Gasteiger partial charge in [-0.25, -0.2) is 19.9 Å². The molecule has 0 radical (unpaired) electrons. The highest BCUT2D eigenvalue weighted by molar-refractivity contribution is 7.13. The quantitative estimate of drug-likeness (QED) is 0.542. The van der Waals surface area contributed by atoms with Crippen LogP contribution in [0.2, 0.25) is 0 Å². The first-order valence-corrected chi connectivity index (χ1v) is 10.0.